The number of benzene rings is 1. The van der Waals surface area contributed by atoms with Crippen LogP contribution < -0.4 is 4.56 Å². The zero-order valence-corrected chi connectivity index (χ0v) is 8.73. The topological polar surface area (TPSA) is 39.2 Å². The first-order chi connectivity index (χ1) is 6.75. The van der Waals surface area contributed by atoms with Gasteiger partial charge in [-0.3, -0.25) is 0 Å². The minimum absolute atomic E-state index is 0.717. The molecule has 14 heavy (non-hydrogen) atoms. The van der Waals surface area contributed by atoms with Gasteiger partial charge in [-0.2, -0.15) is 0 Å². The maximum atomic E-state index is 5.63. The highest BCUT2D eigenvalue weighted by molar-refractivity contribution is 6.36. The van der Waals surface area contributed by atoms with Crippen LogP contribution in [-0.4, -0.2) is 21.4 Å². The molecule has 3 rings (SSSR count). The molecule has 0 bridgehead atoms. The summed E-state index contributed by atoms with van der Waals surface area (Å²) in [5, 5.41) is 4.80. The van der Waals surface area contributed by atoms with E-state index in [1.165, 1.54) is 5.56 Å². The Hall–Kier alpha value is -1.24. The standard InChI is InChI=1S/C10H6NO2.Al/c1-6-2-3-7-8(4-6)12-9-5-11-13-10(7)9;/h2-4H,1H3;. The van der Waals surface area contributed by atoms with Gasteiger partial charge >= 0.3 is 0 Å². The van der Waals surface area contributed by atoms with Gasteiger partial charge in [-0.1, -0.05) is 6.07 Å². The first-order valence-corrected chi connectivity index (χ1v) is 4.87. The molecule has 3 nitrogen and oxygen atoms in total. The summed E-state index contributed by atoms with van der Waals surface area (Å²) >= 11 is 2.49. The lowest BCUT2D eigenvalue weighted by Gasteiger charge is -1.89. The first kappa shape index (κ1) is 8.10. The molecule has 3 aromatic rings. The van der Waals surface area contributed by atoms with E-state index < -0.39 is 0 Å². The monoisotopic (exact) mass is 199 g/mol. The molecule has 4 heteroatoms. The number of aromatic nitrogens is 1. The molecule has 0 amide bonds. The average Bonchev–Trinajstić information content (AvgIpc) is 2.66. The van der Waals surface area contributed by atoms with Crippen LogP contribution in [0.25, 0.3) is 22.1 Å². The minimum Gasteiger partial charge on any atom is -0.452 e. The third-order valence-electron chi connectivity index (χ3n) is 2.27. The Labute approximate surface area is 88.1 Å². The van der Waals surface area contributed by atoms with Crippen LogP contribution in [-0.2, 0) is 0 Å². The fourth-order valence-corrected chi connectivity index (χ4v) is 1.82. The van der Waals surface area contributed by atoms with Gasteiger partial charge in [-0.05, 0) is 24.6 Å². The number of hydrogen-bond donors (Lipinski definition) is 0. The maximum Gasteiger partial charge on any atom is 0.222 e. The fraction of sp³-hybridized carbons (Fsp3) is 0.100. The number of rotatable bonds is 0. The summed E-state index contributed by atoms with van der Waals surface area (Å²) in [6.45, 7) is 2.03. The molecule has 0 unspecified atom stereocenters. The largest absolute Gasteiger partial charge is 0.452 e. The van der Waals surface area contributed by atoms with Crippen LogP contribution in [0.3, 0.4) is 0 Å². The molecule has 0 saturated carbocycles. The molecule has 0 aliphatic rings. The summed E-state index contributed by atoms with van der Waals surface area (Å²) < 4.78 is 11.5. The minimum atomic E-state index is 0.717. The summed E-state index contributed by atoms with van der Waals surface area (Å²) in [4.78, 5) is 0. The van der Waals surface area contributed by atoms with Gasteiger partial charge in [0.25, 0.3) is 0 Å². The lowest BCUT2D eigenvalue weighted by Crippen LogP contribution is -2.01. The Bertz CT molecular complexity index is 623. The Morgan fingerprint density at radius 3 is 3.00 bits per heavy atom. The molecular formula is C10H6AlNO2. The lowest BCUT2D eigenvalue weighted by molar-refractivity contribution is 0.465. The quantitative estimate of drug-likeness (QED) is 0.517. The third-order valence-corrected chi connectivity index (χ3v) is 2.64. The van der Waals surface area contributed by atoms with E-state index in [0.717, 1.165) is 22.1 Å². The van der Waals surface area contributed by atoms with Gasteiger partial charge in [-0.25, -0.2) is 0 Å². The van der Waals surface area contributed by atoms with Crippen LogP contribution >= 0.6 is 0 Å². The van der Waals surface area contributed by atoms with E-state index in [2.05, 4.69) is 21.4 Å². The molecule has 0 N–H and O–H groups in total. The van der Waals surface area contributed by atoms with Crippen molar-refractivity contribution in [3.8, 4) is 0 Å². The average molecular weight is 199 g/mol. The van der Waals surface area contributed by atoms with Crippen LogP contribution in [0.15, 0.2) is 27.1 Å². The van der Waals surface area contributed by atoms with Crippen LogP contribution in [0.4, 0.5) is 0 Å². The highest BCUT2D eigenvalue weighted by Crippen LogP contribution is 2.27. The molecule has 1 aromatic carbocycles. The first-order valence-electron chi connectivity index (χ1n) is 4.30. The van der Waals surface area contributed by atoms with E-state index in [-0.39, 0.29) is 0 Å². The van der Waals surface area contributed by atoms with Gasteiger partial charge < -0.3 is 8.94 Å². The second-order valence-corrected chi connectivity index (χ2v) is 3.87. The Morgan fingerprint density at radius 1 is 1.29 bits per heavy atom. The van der Waals surface area contributed by atoms with E-state index in [1.54, 1.807) is 0 Å². The van der Waals surface area contributed by atoms with Crippen molar-refractivity contribution < 1.29 is 8.94 Å². The number of aryl methyl sites for hydroxylation is 1. The van der Waals surface area contributed by atoms with E-state index in [9.17, 15) is 0 Å². The summed E-state index contributed by atoms with van der Waals surface area (Å²) in [6.07, 6.45) is 0. The van der Waals surface area contributed by atoms with Gasteiger partial charge in [0, 0.05) is 4.56 Å². The smallest absolute Gasteiger partial charge is 0.222 e. The van der Waals surface area contributed by atoms with Crippen molar-refractivity contribution in [3.63, 3.8) is 0 Å². The second-order valence-electron chi connectivity index (χ2n) is 3.33. The second kappa shape index (κ2) is 2.63. The van der Waals surface area contributed by atoms with E-state index in [1.807, 2.05) is 25.1 Å². The molecule has 2 radical (unpaired) electrons. The van der Waals surface area contributed by atoms with Gasteiger partial charge in [0.1, 0.15) is 5.58 Å². The molecule has 0 aliphatic heterocycles. The summed E-state index contributed by atoms with van der Waals surface area (Å²) in [5.41, 5.74) is 3.47. The molecule has 2 heterocycles. The third kappa shape index (κ3) is 0.956. The normalized spacial score (nSPS) is 11.5. The van der Waals surface area contributed by atoms with E-state index in [4.69, 9.17) is 8.94 Å². The molecule has 0 saturated heterocycles. The molecule has 2 aromatic heterocycles. The van der Waals surface area contributed by atoms with Gasteiger partial charge in [-0.15, -0.1) is 5.16 Å². The summed E-state index contributed by atoms with van der Waals surface area (Å²) in [6, 6.07) is 6.02. The van der Waals surface area contributed by atoms with Gasteiger partial charge in [0.15, 0.2) is 5.58 Å². The SMILES string of the molecule is Cc1ccc2c(c1)oc1[c]([Al])noc12. The zero-order valence-electron chi connectivity index (χ0n) is 7.57. The molecular weight excluding hydrogens is 193 g/mol. The zero-order chi connectivity index (χ0) is 9.71. The number of hydrogen-bond acceptors (Lipinski definition) is 3. The highest BCUT2D eigenvalue weighted by atomic mass is 27.0. The highest BCUT2D eigenvalue weighted by Gasteiger charge is 2.12. The Balaban J connectivity index is 2.56. The molecule has 0 spiro atoms. The van der Waals surface area contributed by atoms with Crippen LogP contribution in [0.1, 0.15) is 5.56 Å². The van der Waals surface area contributed by atoms with Crippen molar-refractivity contribution in [1.29, 1.82) is 0 Å². The molecule has 0 atom stereocenters. The molecule has 0 fully saturated rings. The van der Waals surface area contributed by atoms with Gasteiger partial charge in [0.2, 0.25) is 21.9 Å². The van der Waals surface area contributed by atoms with Crippen LogP contribution in [0, 0.1) is 6.92 Å². The summed E-state index contributed by atoms with van der Waals surface area (Å²) in [5.74, 6) is 0. The van der Waals surface area contributed by atoms with Crippen LogP contribution in [0.2, 0.25) is 0 Å². The fourth-order valence-electron chi connectivity index (χ4n) is 1.58. The van der Waals surface area contributed by atoms with Crippen molar-refractivity contribution in [2.45, 2.75) is 6.92 Å². The van der Waals surface area contributed by atoms with Crippen molar-refractivity contribution in [2.24, 2.45) is 0 Å². The Morgan fingerprint density at radius 2 is 2.14 bits per heavy atom. The van der Waals surface area contributed by atoms with Crippen molar-refractivity contribution in [2.75, 3.05) is 0 Å². The maximum absolute atomic E-state index is 5.63. The Kier molecular flexibility index (Phi) is 1.52. The van der Waals surface area contributed by atoms with Crippen molar-refractivity contribution in [1.82, 2.24) is 5.16 Å². The molecule has 0 aliphatic carbocycles. The summed E-state index contributed by atoms with van der Waals surface area (Å²) in [7, 11) is 0. The van der Waals surface area contributed by atoms with Crippen molar-refractivity contribution >= 4 is 43.0 Å². The van der Waals surface area contributed by atoms with Crippen LogP contribution in [0.5, 0.6) is 0 Å². The molecule has 66 valence electrons. The van der Waals surface area contributed by atoms with E-state index in [0.29, 0.717) is 4.56 Å². The van der Waals surface area contributed by atoms with Crippen molar-refractivity contribution in [3.05, 3.63) is 23.8 Å². The van der Waals surface area contributed by atoms with Gasteiger partial charge in [0.05, 0.1) is 5.39 Å². The lowest BCUT2D eigenvalue weighted by atomic mass is 10.2. The number of furan rings is 1. The van der Waals surface area contributed by atoms with E-state index >= 15 is 0 Å². The predicted molar refractivity (Wildman–Crippen MR) is 53.9 cm³/mol. The number of fused-ring (bicyclic) bond motifs is 3. The predicted octanol–water partition coefficient (Wildman–Crippen LogP) is 1.68. The number of nitrogens with zero attached hydrogens (tertiary/aromatic N) is 1.